The average molecular weight is 1310 g/mol. The molecule has 1 aromatic rings. The number of hydroxylamine groups is 1. The monoisotopic (exact) mass is 1310 g/mol. The van der Waals surface area contributed by atoms with E-state index in [4.69, 9.17) is 66.4 Å². The zero-order valence-corrected chi connectivity index (χ0v) is 53.8. The first-order valence-electron chi connectivity index (χ1n) is 28.1. The lowest BCUT2D eigenvalue weighted by Gasteiger charge is -2.47. The summed E-state index contributed by atoms with van der Waals surface area (Å²) in [6.07, 6.45) is -11.5. The van der Waals surface area contributed by atoms with Gasteiger partial charge in [-0.3, -0.25) is 19.7 Å². The molecule has 4 aliphatic heterocycles. The smallest absolute Gasteiger partial charge is 0.411 e. The molecule has 6 aliphatic rings. The van der Waals surface area contributed by atoms with Gasteiger partial charge in [-0.25, -0.2) is 9.59 Å². The number of amides is 2. The Kier molecular flexibility index (Phi) is 26.6. The Bertz CT molecular complexity index is 2840. The SMILES string of the molecule is C=C(OC)C(=O)Nc1cc(OC)c(OC)cc1C(=O)OC1C(O)CC(OC2C(=O)C(NC(=O)OC)=C3/C(=C\CSSSC)[C@]2(O)C#C/C=C\C#C[C@@H]3OC2OC(C)C(NOC3CC(O)C(SC)C(C)O3)C(O)C2OC2CC(OC)C(NCC)CO2)OC1C. The van der Waals surface area contributed by atoms with Crippen molar-refractivity contribution in [2.75, 3.05) is 72.3 Å². The summed E-state index contributed by atoms with van der Waals surface area (Å²) >= 11 is 1.47. The Balaban J connectivity index is 1.23. The van der Waals surface area contributed by atoms with Gasteiger partial charge in [0, 0.05) is 55.4 Å². The number of hydrogen-bond acceptors (Lipinski definition) is 28. The number of anilines is 1. The van der Waals surface area contributed by atoms with E-state index in [9.17, 15) is 34.8 Å². The van der Waals surface area contributed by atoms with Crippen LogP contribution in [0.5, 0.6) is 11.5 Å². The summed E-state index contributed by atoms with van der Waals surface area (Å²) in [6.45, 7) is 11.3. The van der Waals surface area contributed by atoms with Crippen molar-refractivity contribution in [3.8, 4) is 35.2 Å². The van der Waals surface area contributed by atoms with Crippen molar-refractivity contribution in [1.82, 2.24) is 16.1 Å². The average Bonchev–Trinajstić information content (AvgIpc) is 0.822. The Labute approximate surface area is 526 Å². The molecule has 4 fully saturated rings. The summed E-state index contributed by atoms with van der Waals surface area (Å²) in [6, 6.07) is 1.36. The molecule has 26 nitrogen and oxygen atoms in total. The Morgan fingerprint density at radius 3 is 2.23 bits per heavy atom. The number of fused-ring (bicyclic) bond motifs is 2. The Morgan fingerprint density at radius 2 is 1.57 bits per heavy atom. The van der Waals surface area contributed by atoms with Gasteiger partial charge in [0.15, 0.2) is 60.2 Å². The number of likely N-dealkylation sites (N-methyl/N-ethyl adjacent to an activating group) is 1. The summed E-state index contributed by atoms with van der Waals surface area (Å²) in [7, 11) is 10.8. The van der Waals surface area contributed by atoms with E-state index in [2.05, 4.69) is 51.7 Å². The third-order valence-electron chi connectivity index (χ3n) is 15.1. The number of ketones is 1. The number of rotatable bonds is 25. The van der Waals surface area contributed by atoms with Crippen LogP contribution in [0.15, 0.2) is 59.5 Å². The second-order valence-corrected chi connectivity index (χ2v) is 26.0. The molecule has 19 atom stereocenters. The minimum absolute atomic E-state index is 0.0767. The number of ether oxygens (including phenoxy) is 13. The number of methoxy groups -OCH3 is 5. The number of thioether (sulfide) groups is 1. The highest BCUT2D eigenvalue weighted by Crippen LogP contribution is 2.44. The van der Waals surface area contributed by atoms with Crippen molar-refractivity contribution in [1.29, 1.82) is 0 Å². The lowest BCUT2D eigenvalue weighted by atomic mass is 9.73. The van der Waals surface area contributed by atoms with Gasteiger partial charge in [-0.15, -0.1) is 0 Å². The lowest BCUT2D eigenvalue weighted by molar-refractivity contribution is -0.336. The van der Waals surface area contributed by atoms with Crippen LogP contribution in [0.2, 0.25) is 0 Å². The van der Waals surface area contributed by atoms with E-state index in [1.165, 1.54) is 95.7 Å². The summed E-state index contributed by atoms with van der Waals surface area (Å²) < 4.78 is 77.6. The number of hydrogen-bond donors (Lipinski definition) is 8. The van der Waals surface area contributed by atoms with Crippen molar-refractivity contribution in [3.63, 3.8) is 0 Å². The van der Waals surface area contributed by atoms with Crippen LogP contribution in [0.4, 0.5) is 10.5 Å². The minimum Gasteiger partial charge on any atom is -0.493 e. The maximum Gasteiger partial charge on any atom is 0.411 e. The Hall–Kier alpha value is -4.62. The highest BCUT2D eigenvalue weighted by atomic mass is 33.5. The number of nitrogens with one attached hydrogen (secondary N) is 4. The van der Waals surface area contributed by atoms with Gasteiger partial charge in [0.2, 0.25) is 5.78 Å². The van der Waals surface area contributed by atoms with Gasteiger partial charge >= 0.3 is 12.1 Å². The molecule has 1 aromatic carbocycles. The number of carbonyl (C=O) groups excluding carboxylic acids is 4. The summed E-state index contributed by atoms with van der Waals surface area (Å²) in [5.74, 6) is 8.70. The lowest BCUT2D eigenvalue weighted by Crippen LogP contribution is -2.65. The normalized spacial score (nSPS) is 34.6. The molecule has 30 heteroatoms. The van der Waals surface area contributed by atoms with Crippen LogP contribution >= 0.6 is 43.2 Å². The van der Waals surface area contributed by atoms with Crippen LogP contribution in [0.3, 0.4) is 0 Å². The third-order valence-corrected chi connectivity index (χ3v) is 20.1. The van der Waals surface area contributed by atoms with Crippen molar-refractivity contribution in [3.05, 3.63) is 65.1 Å². The quantitative estimate of drug-likeness (QED) is 0.0133. The molecule has 0 saturated carbocycles. The molecular formula is C58H78N4O22S4. The number of carbonyl (C=O) groups is 4. The second kappa shape index (κ2) is 33.1. The predicted octanol–water partition coefficient (Wildman–Crippen LogP) is 3.03. The largest absolute Gasteiger partial charge is 0.493 e. The highest BCUT2D eigenvalue weighted by Gasteiger charge is 2.57. The van der Waals surface area contributed by atoms with Crippen LogP contribution in [0.25, 0.3) is 0 Å². The topological polar surface area (TPSA) is 327 Å². The van der Waals surface area contributed by atoms with E-state index >= 15 is 4.79 Å². The van der Waals surface area contributed by atoms with E-state index < -0.39 is 128 Å². The van der Waals surface area contributed by atoms with E-state index in [1.807, 2.05) is 26.4 Å². The summed E-state index contributed by atoms with van der Waals surface area (Å²) in [5.41, 5.74) is -0.847. The summed E-state index contributed by atoms with van der Waals surface area (Å²) in [5, 5.41) is 56.8. The van der Waals surface area contributed by atoms with Crippen LogP contribution in [-0.2, 0) is 66.5 Å². The number of benzene rings is 1. The van der Waals surface area contributed by atoms with Crippen molar-refractivity contribution < 1.29 is 106 Å². The van der Waals surface area contributed by atoms with Gasteiger partial charge < -0.3 is 92.6 Å². The van der Waals surface area contributed by atoms with Crippen LogP contribution in [0.1, 0.15) is 57.3 Å². The molecule has 7 rings (SSSR count). The number of alkyl carbamates (subject to hydrolysis) is 1. The van der Waals surface area contributed by atoms with Gasteiger partial charge in [0.1, 0.15) is 18.3 Å². The minimum atomic E-state index is -2.63. The van der Waals surface area contributed by atoms with Gasteiger partial charge in [0.25, 0.3) is 5.91 Å². The molecule has 486 valence electrons. The molecular weight excluding hydrogens is 1230 g/mol. The van der Waals surface area contributed by atoms with Crippen molar-refractivity contribution in [2.45, 2.75) is 162 Å². The van der Waals surface area contributed by atoms with Gasteiger partial charge in [-0.1, -0.05) is 64.8 Å². The zero-order chi connectivity index (χ0) is 64.0. The molecule has 4 heterocycles. The molecule has 2 amide bonds. The zero-order valence-electron chi connectivity index (χ0n) is 50.5. The van der Waals surface area contributed by atoms with E-state index in [0.29, 0.717) is 6.54 Å². The second-order valence-electron chi connectivity index (χ2n) is 20.6. The molecule has 17 unspecified atom stereocenters. The fourth-order valence-corrected chi connectivity index (χ4v) is 14.0. The number of Topliss-reactive ketones (excluding diaryl/α,β-unsaturated/α-hetero) is 1. The standard InChI is InChI=1S/C58H78N4O22S4/c1-13-59-35-27-76-42(26-39(35)72-7)81-51-48(65)46(62-84-44-25-37(64)52(85-11)30(4)78-44)28(2)79-56(51)80-38-18-16-14-15-17-20-58(70)33(19-21-87-88-86-12)45(38)47(61-57(69)75-10)49(66)53(58)82-43-24-36(63)50(29(3)77-43)83-55(68)32-22-40(73-8)41(74-9)23-34(32)60-54(67)31(5)71-6/h14-15,19,22-23,28-30,35-39,42-44,46,48,50-53,56,59,62-65,70H,5,13,21,24-27H2,1-4,6-12H3,(H,60,67)(H,61,69)/b15-14-,33-19+/t28?,29?,30?,35?,36?,37?,38-,39?,42?,43?,44?,46?,48?,50?,51?,52?,53?,56?,58+/m0/s1. The molecule has 4 saturated heterocycles. The Morgan fingerprint density at radius 1 is 0.852 bits per heavy atom. The summed E-state index contributed by atoms with van der Waals surface area (Å²) in [4.78, 5) is 62.0. The number of allylic oxidation sites excluding steroid dienone is 2. The first kappa shape index (κ1) is 70.8. The number of aliphatic hydroxyl groups excluding tert-OH is 3. The van der Waals surface area contributed by atoms with E-state index in [-0.39, 0.29) is 88.4 Å². The van der Waals surface area contributed by atoms with E-state index in [1.54, 1.807) is 20.1 Å². The third kappa shape index (κ3) is 16.9. The van der Waals surface area contributed by atoms with Crippen molar-refractivity contribution in [2.24, 2.45) is 0 Å². The fourth-order valence-electron chi connectivity index (χ4n) is 10.7. The molecule has 0 aromatic heterocycles. The molecule has 0 spiro atoms. The van der Waals surface area contributed by atoms with Crippen LogP contribution < -0.4 is 30.9 Å². The first-order chi connectivity index (χ1) is 42.2. The van der Waals surface area contributed by atoms with Crippen LogP contribution in [-0.4, -0.2) is 226 Å². The first-order valence-corrected chi connectivity index (χ1v) is 33.4. The molecule has 2 bridgehead atoms. The maximum absolute atomic E-state index is 15.5. The van der Waals surface area contributed by atoms with Crippen molar-refractivity contribution >= 4 is 72.6 Å². The van der Waals surface area contributed by atoms with Crippen LogP contribution in [0, 0.1) is 23.7 Å². The highest BCUT2D eigenvalue weighted by molar-refractivity contribution is 9.09. The number of esters is 1. The predicted molar refractivity (Wildman–Crippen MR) is 325 cm³/mol. The molecule has 88 heavy (non-hydrogen) atoms. The molecule has 8 N–H and O–H groups in total. The maximum atomic E-state index is 15.5. The van der Waals surface area contributed by atoms with Gasteiger partial charge in [-0.2, -0.15) is 17.2 Å². The van der Waals surface area contributed by atoms with E-state index in [0.717, 1.165) is 7.11 Å². The van der Waals surface area contributed by atoms with Gasteiger partial charge in [0.05, 0.1) is 106 Å². The fraction of sp³-hybridized carbons (Fsp3) is 0.621. The molecule has 2 aliphatic carbocycles. The number of aliphatic hydroxyl groups is 4. The molecule has 0 radical (unpaired) electrons. The van der Waals surface area contributed by atoms with Gasteiger partial charge in [-0.05, 0) is 61.8 Å².